The van der Waals surface area contributed by atoms with Crippen LogP contribution in [0.5, 0.6) is 0 Å². The van der Waals surface area contributed by atoms with Gasteiger partial charge in [-0.25, -0.2) is 14.8 Å². The molecular weight excluding hydrogens is 484 g/mol. The van der Waals surface area contributed by atoms with Crippen LogP contribution in [0.4, 0.5) is 0 Å². The van der Waals surface area contributed by atoms with Crippen LogP contribution >= 0.6 is 0 Å². The number of aryl methyl sites for hydroxylation is 3. The van der Waals surface area contributed by atoms with Crippen molar-refractivity contribution >= 4 is 28.0 Å². The molecule has 0 radical (unpaired) electrons. The van der Waals surface area contributed by atoms with E-state index < -0.39 is 17.1 Å². The number of aromatic nitrogens is 4. The summed E-state index contributed by atoms with van der Waals surface area (Å²) < 4.78 is 0. The Bertz CT molecular complexity index is 1720. The SMILES string of the molecule is CN1CCc2c(c(C(=O)O)cc3[nH]c(=O)c(=O)[nH]c23)C1.Cc1cc2nc(C)c(C)nc2c2c1CN(C)CC2. The van der Waals surface area contributed by atoms with Crippen molar-refractivity contribution in [3.63, 3.8) is 0 Å². The second-order valence-electron chi connectivity index (χ2n) is 10.4. The molecule has 0 spiro atoms. The van der Waals surface area contributed by atoms with Crippen LogP contribution in [0.25, 0.3) is 22.1 Å². The number of benzene rings is 2. The fraction of sp³-hybridized carbons (Fsp3) is 0.393. The molecule has 6 rings (SSSR count). The lowest BCUT2D eigenvalue weighted by atomic mass is 9.93. The number of hydrogen-bond acceptors (Lipinski definition) is 7. The second kappa shape index (κ2) is 9.77. The molecule has 10 nitrogen and oxygen atoms in total. The van der Waals surface area contributed by atoms with Gasteiger partial charge in [-0.15, -0.1) is 0 Å². The average molecular weight is 517 g/mol. The molecule has 2 aromatic carbocycles. The predicted molar refractivity (Wildman–Crippen MR) is 146 cm³/mol. The van der Waals surface area contributed by atoms with Crippen molar-refractivity contribution in [3.05, 3.63) is 77.6 Å². The van der Waals surface area contributed by atoms with Crippen LogP contribution in [-0.2, 0) is 25.9 Å². The summed E-state index contributed by atoms with van der Waals surface area (Å²) in [6, 6.07) is 3.60. The highest BCUT2D eigenvalue weighted by Gasteiger charge is 2.24. The van der Waals surface area contributed by atoms with Gasteiger partial charge in [0.25, 0.3) is 0 Å². The molecule has 3 N–H and O–H groups in total. The summed E-state index contributed by atoms with van der Waals surface area (Å²) in [6.45, 7) is 9.69. The normalized spacial score (nSPS) is 15.6. The Morgan fingerprint density at radius 1 is 0.842 bits per heavy atom. The topological polar surface area (TPSA) is 135 Å². The Hall–Kier alpha value is -3.89. The highest BCUT2D eigenvalue weighted by molar-refractivity contribution is 5.95. The summed E-state index contributed by atoms with van der Waals surface area (Å²) in [6.07, 6.45) is 1.71. The zero-order valence-corrected chi connectivity index (χ0v) is 22.4. The molecule has 0 unspecified atom stereocenters. The van der Waals surface area contributed by atoms with Crippen molar-refractivity contribution in [2.24, 2.45) is 0 Å². The number of H-pyrrole nitrogens is 2. The Balaban J connectivity index is 0.000000156. The Morgan fingerprint density at radius 2 is 1.45 bits per heavy atom. The second-order valence-corrected chi connectivity index (χ2v) is 10.4. The minimum absolute atomic E-state index is 0.168. The summed E-state index contributed by atoms with van der Waals surface area (Å²) in [4.78, 5) is 53.1. The highest BCUT2D eigenvalue weighted by Crippen LogP contribution is 2.29. The third-order valence-electron chi connectivity index (χ3n) is 7.63. The van der Waals surface area contributed by atoms with Gasteiger partial charge < -0.3 is 24.9 Å². The van der Waals surface area contributed by atoms with Gasteiger partial charge in [0.2, 0.25) is 0 Å². The van der Waals surface area contributed by atoms with E-state index in [4.69, 9.17) is 4.98 Å². The maximum absolute atomic E-state index is 11.5. The Morgan fingerprint density at radius 3 is 2.13 bits per heavy atom. The molecule has 2 aromatic heterocycles. The van der Waals surface area contributed by atoms with Gasteiger partial charge in [-0.3, -0.25) is 9.59 Å². The number of carboxylic acid groups (broad SMARTS) is 1. The molecule has 4 heterocycles. The third kappa shape index (κ3) is 4.61. The standard InChI is InChI=1S/C15H19N3.C13H13N3O4/c1-9-7-14-15(17-11(3)10(2)16-14)12-5-6-18(4)8-13(9)12;1-16-3-2-6-8(5-16)7(13(19)20)4-9-10(6)15-12(18)11(17)14-9/h7H,5-6,8H2,1-4H3;4H,2-3,5H2,1H3,(H,14,17)(H,15,18)(H,19,20). The summed E-state index contributed by atoms with van der Waals surface area (Å²) >= 11 is 0. The van der Waals surface area contributed by atoms with E-state index in [1.807, 2.05) is 25.8 Å². The lowest BCUT2D eigenvalue weighted by Gasteiger charge is -2.27. The van der Waals surface area contributed by atoms with Crippen LogP contribution in [0, 0.1) is 20.8 Å². The van der Waals surface area contributed by atoms with Crippen molar-refractivity contribution in [1.82, 2.24) is 29.7 Å². The van der Waals surface area contributed by atoms with Crippen LogP contribution in [0.2, 0.25) is 0 Å². The maximum Gasteiger partial charge on any atom is 0.336 e. The number of carboxylic acids is 1. The number of nitrogens with zero attached hydrogens (tertiary/aromatic N) is 4. The average Bonchev–Trinajstić information content (AvgIpc) is 2.86. The van der Waals surface area contributed by atoms with E-state index in [-0.39, 0.29) is 5.56 Å². The van der Waals surface area contributed by atoms with Crippen LogP contribution in [0.1, 0.15) is 49.6 Å². The van der Waals surface area contributed by atoms with Crippen LogP contribution in [0.3, 0.4) is 0 Å². The highest BCUT2D eigenvalue weighted by atomic mass is 16.4. The molecular formula is C28H32N6O4. The number of hydrogen-bond donors (Lipinski definition) is 3. The lowest BCUT2D eigenvalue weighted by Crippen LogP contribution is -2.32. The molecule has 38 heavy (non-hydrogen) atoms. The van der Waals surface area contributed by atoms with E-state index in [9.17, 15) is 19.5 Å². The van der Waals surface area contributed by atoms with E-state index in [1.165, 1.54) is 22.8 Å². The molecule has 2 aliphatic rings. The summed E-state index contributed by atoms with van der Waals surface area (Å²) in [5.41, 5.74) is 9.53. The first-order valence-corrected chi connectivity index (χ1v) is 12.7. The van der Waals surface area contributed by atoms with Crippen LogP contribution < -0.4 is 11.1 Å². The summed E-state index contributed by atoms with van der Waals surface area (Å²) in [5.74, 6) is -1.04. The molecule has 0 bridgehead atoms. The molecule has 0 amide bonds. The van der Waals surface area contributed by atoms with E-state index in [0.29, 0.717) is 29.6 Å². The van der Waals surface area contributed by atoms with E-state index in [1.54, 1.807) is 0 Å². The van der Waals surface area contributed by atoms with Crippen molar-refractivity contribution in [3.8, 4) is 0 Å². The molecule has 4 aromatic rings. The fourth-order valence-electron chi connectivity index (χ4n) is 5.43. The van der Waals surface area contributed by atoms with Gasteiger partial charge in [0.15, 0.2) is 0 Å². The van der Waals surface area contributed by atoms with Gasteiger partial charge in [0.05, 0.1) is 39.0 Å². The molecule has 0 aliphatic carbocycles. The maximum atomic E-state index is 11.5. The number of fused-ring (bicyclic) bond motifs is 6. The van der Waals surface area contributed by atoms with Gasteiger partial charge in [-0.2, -0.15) is 0 Å². The summed E-state index contributed by atoms with van der Waals surface area (Å²) in [7, 11) is 4.09. The van der Waals surface area contributed by atoms with E-state index >= 15 is 0 Å². The zero-order chi connectivity index (χ0) is 27.3. The van der Waals surface area contributed by atoms with Crippen molar-refractivity contribution in [2.45, 2.75) is 46.7 Å². The first kappa shape index (κ1) is 25.7. The van der Waals surface area contributed by atoms with Crippen molar-refractivity contribution < 1.29 is 9.90 Å². The molecule has 10 heteroatoms. The van der Waals surface area contributed by atoms with E-state index in [0.717, 1.165) is 54.0 Å². The van der Waals surface area contributed by atoms with Gasteiger partial charge in [0, 0.05) is 26.2 Å². The minimum Gasteiger partial charge on any atom is -0.478 e. The lowest BCUT2D eigenvalue weighted by molar-refractivity contribution is 0.0694. The molecule has 0 fully saturated rings. The quantitative estimate of drug-likeness (QED) is 0.328. The van der Waals surface area contributed by atoms with Crippen LogP contribution in [-0.4, -0.2) is 68.0 Å². The third-order valence-corrected chi connectivity index (χ3v) is 7.63. The largest absolute Gasteiger partial charge is 0.478 e. The summed E-state index contributed by atoms with van der Waals surface area (Å²) in [5, 5.41) is 9.33. The fourth-order valence-corrected chi connectivity index (χ4v) is 5.43. The Kier molecular flexibility index (Phi) is 6.62. The first-order chi connectivity index (χ1) is 18.0. The number of aromatic amines is 2. The smallest absolute Gasteiger partial charge is 0.336 e. The Labute approximate surface area is 219 Å². The van der Waals surface area contributed by atoms with Crippen LogP contribution in [0.15, 0.2) is 21.7 Å². The van der Waals surface area contributed by atoms with Gasteiger partial charge in [0.1, 0.15) is 0 Å². The number of rotatable bonds is 1. The van der Waals surface area contributed by atoms with Crippen molar-refractivity contribution in [2.75, 3.05) is 27.2 Å². The predicted octanol–water partition coefficient (Wildman–Crippen LogP) is 2.45. The van der Waals surface area contributed by atoms with Gasteiger partial charge >= 0.3 is 17.1 Å². The zero-order valence-electron chi connectivity index (χ0n) is 22.4. The monoisotopic (exact) mass is 516 g/mol. The van der Waals surface area contributed by atoms with E-state index in [2.05, 4.69) is 39.9 Å². The molecule has 198 valence electrons. The first-order valence-electron chi connectivity index (χ1n) is 12.7. The van der Waals surface area contributed by atoms with Gasteiger partial charge in [-0.1, -0.05) is 0 Å². The number of aromatic carboxylic acids is 1. The van der Waals surface area contributed by atoms with Crippen molar-refractivity contribution in [1.29, 1.82) is 0 Å². The molecule has 0 atom stereocenters. The van der Waals surface area contributed by atoms with Gasteiger partial charge in [-0.05, 0) is 87.7 Å². The number of likely N-dealkylation sites (N-methyl/N-ethyl adjacent to an activating group) is 2. The molecule has 0 saturated heterocycles. The number of carbonyl (C=O) groups is 1. The molecule has 2 aliphatic heterocycles. The molecule has 0 saturated carbocycles. The number of nitrogens with one attached hydrogen (secondary N) is 2. The minimum atomic E-state index is -1.04.